The average molecular weight is 432 g/mol. The summed E-state index contributed by atoms with van der Waals surface area (Å²) in [7, 11) is 0. The Labute approximate surface area is 183 Å². The number of rotatable bonds is 8. The molecule has 1 aliphatic heterocycles. The highest BCUT2D eigenvalue weighted by molar-refractivity contribution is 6.12. The number of nitrogens with two attached hydrogens (primary N) is 1. The number of carbonyl (C=O) groups is 4. The van der Waals surface area contributed by atoms with Gasteiger partial charge in [0, 0.05) is 0 Å². The Morgan fingerprint density at radius 1 is 1.16 bits per heavy atom. The zero-order chi connectivity index (χ0) is 23.1. The molecule has 2 rings (SSSR count). The second-order valence-electron chi connectivity index (χ2n) is 8.59. The molecule has 0 bridgehead atoms. The quantitative estimate of drug-likeness (QED) is 0.629. The number of hydrogen-bond donors (Lipinski definition) is 1. The molecule has 8 nitrogen and oxygen atoms in total. The Balaban J connectivity index is 2.28. The lowest BCUT2D eigenvalue weighted by atomic mass is 10.0. The molecule has 1 saturated heterocycles. The standard InChI is InChI=1S/C23H33N3O5/c1-15(2)19(13-27)25-12-8-11-18(25)21(28)26(22(29)20(24)16(3)4)23(30)31-14-17-9-6-5-7-10-17/h5-7,9-10,13,15-16,18-20H,8,11-12,14,24H2,1-4H3/t18-,19+,20-/m0/s1. The zero-order valence-electron chi connectivity index (χ0n) is 18.7. The van der Waals surface area contributed by atoms with Crippen LogP contribution >= 0.6 is 0 Å². The summed E-state index contributed by atoms with van der Waals surface area (Å²) in [5.41, 5.74) is 6.72. The number of ether oxygens (including phenoxy) is 1. The highest BCUT2D eigenvalue weighted by Gasteiger charge is 2.44. The molecule has 3 atom stereocenters. The molecule has 0 saturated carbocycles. The van der Waals surface area contributed by atoms with Gasteiger partial charge in [-0.25, -0.2) is 4.79 Å². The van der Waals surface area contributed by atoms with Crippen molar-refractivity contribution in [2.75, 3.05) is 6.54 Å². The Morgan fingerprint density at radius 2 is 1.81 bits per heavy atom. The average Bonchev–Trinajstić information content (AvgIpc) is 3.22. The lowest BCUT2D eigenvalue weighted by Crippen LogP contribution is -2.58. The largest absolute Gasteiger partial charge is 0.444 e. The second-order valence-corrected chi connectivity index (χ2v) is 8.59. The number of amides is 3. The molecule has 1 aliphatic rings. The van der Waals surface area contributed by atoms with Gasteiger partial charge in [-0.1, -0.05) is 58.0 Å². The maximum absolute atomic E-state index is 13.4. The van der Waals surface area contributed by atoms with Gasteiger partial charge < -0.3 is 15.3 Å². The third-order valence-electron chi connectivity index (χ3n) is 5.62. The second kappa shape index (κ2) is 11.2. The molecule has 1 fully saturated rings. The lowest BCUT2D eigenvalue weighted by molar-refractivity contribution is -0.147. The number of nitrogens with zero attached hydrogens (tertiary/aromatic N) is 2. The van der Waals surface area contributed by atoms with Gasteiger partial charge in [0.25, 0.3) is 11.8 Å². The summed E-state index contributed by atoms with van der Waals surface area (Å²) >= 11 is 0. The van der Waals surface area contributed by atoms with Gasteiger partial charge in [-0.15, -0.1) is 0 Å². The van der Waals surface area contributed by atoms with Gasteiger partial charge in [0.1, 0.15) is 12.9 Å². The number of imide groups is 3. The first-order valence-corrected chi connectivity index (χ1v) is 10.7. The molecule has 8 heteroatoms. The van der Waals surface area contributed by atoms with E-state index in [4.69, 9.17) is 10.5 Å². The predicted octanol–water partition coefficient (Wildman–Crippen LogP) is 2.35. The molecule has 31 heavy (non-hydrogen) atoms. The van der Waals surface area contributed by atoms with Crippen LogP contribution in [-0.4, -0.2) is 58.7 Å². The Bertz CT molecular complexity index is 781. The first-order chi connectivity index (χ1) is 14.7. The topological polar surface area (TPSA) is 110 Å². The van der Waals surface area contributed by atoms with E-state index in [1.807, 2.05) is 19.9 Å². The highest BCUT2D eigenvalue weighted by Crippen LogP contribution is 2.25. The van der Waals surface area contributed by atoms with Crippen molar-refractivity contribution in [3.63, 3.8) is 0 Å². The van der Waals surface area contributed by atoms with E-state index < -0.39 is 36.0 Å². The van der Waals surface area contributed by atoms with Crippen LogP contribution in [0.5, 0.6) is 0 Å². The van der Waals surface area contributed by atoms with E-state index in [1.165, 1.54) is 0 Å². The Hall–Kier alpha value is -2.58. The van der Waals surface area contributed by atoms with Crippen molar-refractivity contribution < 1.29 is 23.9 Å². The number of carbonyl (C=O) groups excluding carboxylic acids is 4. The highest BCUT2D eigenvalue weighted by atomic mass is 16.6. The van der Waals surface area contributed by atoms with E-state index in [0.29, 0.717) is 24.3 Å². The number of likely N-dealkylation sites (tertiary alicyclic amines) is 1. The van der Waals surface area contributed by atoms with Gasteiger partial charge in [-0.2, -0.15) is 4.90 Å². The van der Waals surface area contributed by atoms with Crippen molar-refractivity contribution >= 4 is 24.2 Å². The molecule has 3 amide bonds. The molecule has 0 spiro atoms. The molecule has 170 valence electrons. The SMILES string of the molecule is CC(C)[C@H](N)C(=O)N(C(=O)OCc1ccccc1)C(=O)[C@@H]1CCCN1[C@H](C=O)C(C)C. The summed E-state index contributed by atoms with van der Waals surface area (Å²) in [4.78, 5) is 53.3. The Kier molecular flexibility index (Phi) is 8.88. The van der Waals surface area contributed by atoms with Crippen LogP contribution in [0.2, 0.25) is 0 Å². The summed E-state index contributed by atoms with van der Waals surface area (Å²) in [5, 5.41) is 0. The van der Waals surface area contributed by atoms with Crippen LogP contribution < -0.4 is 5.73 Å². The van der Waals surface area contributed by atoms with Gasteiger partial charge in [-0.3, -0.25) is 14.5 Å². The number of aldehydes is 1. The third kappa shape index (κ3) is 5.98. The van der Waals surface area contributed by atoms with Crippen molar-refractivity contribution in [3.8, 4) is 0 Å². The van der Waals surface area contributed by atoms with Crippen LogP contribution in [0.3, 0.4) is 0 Å². The summed E-state index contributed by atoms with van der Waals surface area (Å²) in [6, 6.07) is 6.71. The molecular weight excluding hydrogens is 398 g/mol. The molecule has 0 aromatic heterocycles. The molecular formula is C23H33N3O5. The van der Waals surface area contributed by atoms with E-state index in [9.17, 15) is 19.2 Å². The normalized spacial score (nSPS) is 18.6. The molecule has 0 aliphatic carbocycles. The van der Waals surface area contributed by atoms with Crippen molar-refractivity contribution in [1.29, 1.82) is 0 Å². The van der Waals surface area contributed by atoms with E-state index in [2.05, 4.69) is 0 Å². The van der Waals surface area contributed by atoms with E-state index in [-0.39, 0.29) is 18.4 Å². The summed E-state index contributed by atoms with van der Waals surface area (Å²) < 4.78 is 5.29. The fraction of sp³-hybridized carbons (Fsp3) is 0.565. The van der Waals surface area contributed by atoms with Gasteiger partial charge >= 0.3 is 6.09 Å². The lowest BCUT2D eigenvalue weighted by Gasteiger charge is -2.33. The molecule has 1 heterocycles. The Morgan fingerprint density at radius 3 is 2.35 bits per heavy atom. The summed E-state index contributed by atoms with van der Waals surface area (Å²) in [6.45, 7) is 7.72. The van der Waals surface area contributed by atoms with Crippen LogP contribution in [0.4, 0.5) is 4.79 Å². The van der Waals surface area contributed by atoms with E-state index in [0.717, 1.165) is 11.8 Å². The fourth-order valence-corrected chi connectivity index (χ4v) is 3.68. The third-order valence-corrected chi connectivity index (χ3v) is 5.62. The minimum Gasteiger partial charge on any atom is -0.444 e. The first-order valence-electron chi connectivity index (χ1n) is 10.7. The predicted molar refractivity (Wildman–Crippen MR) is 116 cm³/mol. The molecule has 0 radical (unpaired) electrons. The van der Waals surface area contributed by atoms with Gasteiger partial charge in [0.2, 0.25) is 0 Å². The van der Waals surface area contributed by atoms with Crippen LogP contribution in [0.1, 0.15) is 46.1 Å². The molecule has 0 unspecified atom stereocenters. The zero-order valence-corrected chi connectivity index (χ0v) is 18.7. The van der Waals surface area contributed by atoms with Crippen LogP contribution in [0.15, 0.2) is 30.3 Å². The summed E-state index contributed by atoms with van der Waals surface area (Å²) in [6.07, 6.45) is 0.901. The van der Waals surface area contributed by atoms with Crippen LogP contribution in [-0.2, 0) is 25.7 Å². The minimum atomic E-state index is -1.05. The number of benzene rings is 1. The summed E-state index contributed by atoms with van der Waals surface area (Å²) in [5.74, 6) is -1.78. The van der Waals surface area contributed by atoms with Crippen LogP contribution in [0.25, 0.3) is 0 Å². The van der Waals surface area contributed by atoms with Crippen molar-refractivity contribution in [2.24, 2.45) is 17.6 Å². The van der Waals surface area contributed by atoms with Crippen LogP contribution in [0, 0.1) is 11.8 Å². The van der Waals surface area contributed by atoms with Gasteiger partial charge in [0.05, 0.1) is 18.1 Å². The number of hydrogen-bond acceptors (Lipinski definition) is 7. The fourth-order valence-electron chi connectivity index (χ4n) is 3.68. The molecule has 2 N–H and O–H groups in total. The minimum absolute atomic E-state index is 0.0157. The van der Waals surface area contributed by atoms with Crippen molar-refractivity contribution in [3.05, 3.63) is 35.9 Å². The first kappa shape index (κ1) is 24.7. The maximum Gasteiger partial charge on any atom is 0.423 e. The van der Waals surface area contributed by atoms with Gasteiger partial charge in [0.15, 0.2) is 0 Å². The van der Waals surface area contributed by atoms with E-state index >= 15 is 0 Å². The van der Waals surface area contributed by atoms with Crippen molar-refractivity contribution in [2.45, 2.75) is 65.3 Å². The molecule has 1 aromatic carbocycles. The maximum atomic E-state index is 13.4. The van der Waals surface area contributed by atoms with Crippen molar-refractivity contribution in [1.82, 2.24) is 9.80 Å². The molecule has 1 aromatic rings. The van der Waals surface area contributed by atoms with Gasteiger partial charge in [-0.05, 0) is 36.8 Å². The monoisotopic (exact) mass is 431 g/mol. The van der Waals surface area contributed by atoms with E-state index in [1.54, 1.807) is 43.0 Å². The smallest absolute Gasteiger partial charge is 0.423 e.